The molecule has 8 heteroatoms. The molecule has 0 radical (unpaired) electrons. The van der Waals surface area contributed by atoms with Crippen molar-refractivity contribution in [3.8, 4) is 0 Å². The number of nitrogens with zero attached hydrogens (tertiary/aromatic N) is 3. The third-order valence-corrected chi connectivity index (χ3v) is 4.73. The van der Waals surface area contributed by atoms with E-state index in [1.807, 2.05) is 13.0 Å². The predicted molar refractivity (Wildman–Crippen MR) is 83.8 cm³/mol. The number of aliphatic hydroxyl groups excluding tert-OH is 1. The van der Waals surface area contributed by atoms with Crippen molar-refractivity contribution in [1.82, 2.24) is 14.7 Å². The van der Waals surface area contributed by atoms with Crippen LogP contribution >= 0.6 is 0 Å². The molecular formula is C16H21N3O5. The molecule has 1 amide bonds. The van der Waals surface area contributed by atoms with Crippen LogP contribution in [0.1, 0.15) is 24.7 Å². The predicted octanol–water partition coefficient (Wildman–Crippen LogP) is 0.245. The van der Waals surface area contributed by atoms with Gasteiger partial charge in [-0.1, -0.05) is 0 Å². The Morgan fingerprint density at radius 1 is 1.54 bits per heavy atom. The van der Waals surface area contributed by atoms with Crippen LogP contribution in [0.3, 0.4) is 0 Å². The molecule has 1 fully saturated rings. The zero-order valence-corrected chi connectivity index (χ0v) is 13.9. The van der Waals surface area contributed by atoms with E-state index in [1.165, 1.54) is 4.90 Å². The van der Waals surface area contributed by atoms with Gasteiger partial charge in [0.15, 0.2) is 0 Å². The van der Waals surface area contributed by atoms with Crippen LogP contribution in [0.5, 0.6) is 0 Å². The van der Waals surface area contributed by atoms with Crippen molar-refractivity contribution < 1.29 is 24.5 Å². The summed E-state index contributed by atoms with van der Waals surface area (Å²) < 4.78 is 6.80. The quantitative estimate of drug-likeness (QED) is 0.722. The van der Waals surface area contributed by atoms with Crippen LogP contribution < -0.4 is 0 Å². The van der Waals surface area contributed by atoms with E-state index in [1.54, 1.807) is 18.7 Å². The number of carbonyl (C=O) groups excluding carboxylic acids is 1. The number of carboxylic acid groups (broad SMARTS) is 1. The number of hydrogen-bond donors (Lipinski definition) is 2. The first-order valence-corrected chi connectivity index (χ1v) is 7.88. The Kier molecular flexibility index (Phi) is 4.18. The largest absolute Gasteiger partial charge is 0.477 e. The van der Waals surface area contributed by atoms with Crippen molar-refractivity contribution in [2.45, 2.75) is 39.0 Å². The third kappa shape index (κ3) is 2.42. The highest BCUT2D eigenvalue weighted by atomic mass is 16.5. The maximum absolute atomic E-state index is 12.2. The van der Waals surface area contributed by atoms with Gasteiger partial charge in [0.1, 0.15) is 5.70 Å². The molecule has 0 bridgehead atoms. The molecule has 8 nitrogen and oxygen atoms in total. The maximum Gasteiger partial charge on any atom is 0.352 e. The molecule has 1 aromatic rings. The monoisotopic (exact) mass is 335 g/mol. The van der Waals surface area contributed by atoms with Gasteiger partial charge in [0.05, 0.1) is 36.9 Å². The molecule has 0 aliphatic carbocycles. The number of ether oxygens (including phenoxy) is 1. The van der Waals surface area contributed by atoms with Crippen molar-refractivity contribution in [1.29, 1.82) is 0 Å². The third-order valence-electron chi connectivity index (χ3n) is 4.73. The second-order valence-electron chi connectivity index (χ2n) is 6.27. The molecule has 24 heavy (non-hydrogen) atoms. The summed E-state index contributed by atoms with van der Waals surface area (Å²) in [5.74, 6) is -2.03. The zero-order chi connectivity index (χ0) is 17.6. The van der Waals surface area contributed by atoms with E-state index < -0.39 is 18.0 Å². The Hall–Kier alpha value is -2.19. The standard InChI is InChI=1S/C16H21N3O5/c1-8-6-11(17-18(8)4-5-24-3)10-7-12-13(9(2)20)15(21)19(12)14(10)16(22)23/h6,9,12-13,20H,4-5,7H2,1-3H3,(H,22,23)/t9-,12-,13-/m1/s1. The first kappa shape index (κ1) is 16.7. The summed E-state index contributed by atoms with van der Waals surface area (Å²) in [4.78, 5) is 25.2. The number of rotatable bonds is 6. The SMILES string of the molecule is COCCn1nc(C2=C(C(=O)O)N3C(=O)[C@H]([C@@H](C)O)[C@H]3C2)cc1C. The molecule has 130 valence electrons. The Morgan fingerprint density at radius 3 is 2.83 bits per heavy atom. The van der Waals surface area contributed by atoms with Gasteiger partial charge in [-0.2, -0.15) is 5.10 Å². The fourth-order valence-corrected chi connectivity index (χ4v) is 3.56. The first-order valence-electron chi connectivity index (χ1n) is 7.88. The van der Waals surface area contributed by atoms with Gasteiger partial charge in [-0.05, 0) is 26.3 Å². The molecule has 0 saturated carbocycles. The van der Waals surface area contributed by atoms with Gasteiger partial charge >= 0.3 is 5.97 Å². The van der Waals surface area contributed by atoms with E-state index in [-0.39, 0.29) is 17.6 Å². The number of aliphatic hydroxyl groups is 1. The van der Waals surface area contributed by atoms with Crippen molar-refractivity contribution in [2.75, 3.05) is 13.7 Å². The number of carbonyl (C=O) groups is 2. The molecule has 1 saturated heterocycles. The fraction of sp³-hybridized carbons (Fsp3) is 0.562. The zero-order valence-electron chi connectivity index (χ0n) is 13.9. The number of carboxylic acids is 1. The van der Waals surface area contributed by atoms with Crippen LogP contribution in [0.4, 0.5) is 0 Å². The molecule has 3 heterocycles. The summed E-state index contributed by atoms with van der Waals surface area (Å²) >= 11 is 0. The van der Waals surface area contributed by atoms with Crippen LogP contribution in [0.2, 0.25) is 0 Å². The highest BCUT2D eigenvalue weighted by molar-refractivity contribution is 6.05. The Bertz CT molecular complexity index is 721. The van der Waals surface area contributed by atoms with Gasteiger partial charge in [-0.25, -0.2) is 4.79 Å². The van der Waals surface area contributed by atoms with Crippen LogP contribution in [0, 0.1) is 12.8 Å². The lowest BCUT2D eigenvalue weighted by molar-refractivity contribution is -0.161. The van der Waals surface area contributed by atoms with Gasteiger partial charge in [-0.15, -0.1) is 0 Å². The Labute approximate surface area is 139 Å². The minimum Gasteiger partial charge on any atom is -0.477 e. The van der Waals surface area contributed by atoms with Gasteiger partial charge in [0.2, 0.25) is 5.91 Å². The lowest BCUT2D eigenvalue weighted by atomic mass is 9.83. The normalized spacial score (nSPS) is 24.2. The smallest absolute Gasteiger partial charge is 0.352 e. The number of fused-ring (bicyclic) bond motifs is 1. The van der Waals surface area contributed by atoms with Gasteiger partial charge in [-0.3, -0.25) is 9.48 Å². The van der Waals surface area contributed by atoms with Crippen LogP contribution in [-0.2, 0) is 20.9 Å². The van der Waals surface area contributed by atoms with E-state index in [4.69, 9.17) is 4.74 Å². The first-order chi connectivity index (χ1) is 11.4. The summed E-state index contributed by atoms with van der Waals surface area (Å²) in [6.07, 6.45) is -0.405. The Balaban J connectivity index is 1.95. The number of aryl methyl sites for hydroxylation is 1. The molecule has 0 aromatic carbocycles. The van der Waals surface area contributed by atoms with E-state index >= 15 is 0 Å². The van der Waals surface area contributed by atoms with Crippen molar-refractivity contribution in [3.63, 3.8) is 0 Å². The lowest BCUT2D eigenvalue weighted by Gasteiger charge is -2.44. The summed E-state index contributed by atoms with van der Waals surface area (Å²) in [6.45, 7) is 4.52. The highest BCUT2D eigenvalue weighted by Crippen LogP contribution is 2.46. The topological polar surface area (TPSA) is 105 Å². The number of methoxy groups -OCH3 is 1. The molecule has 0 spiro atoms. The number of aromatic nitrogens is 2. The second-order valence-corrected chi connectivity index (χ2v) is 6.27. The van der Waals surface area contributed by atoms with Crippen LogP contribution in [0.25, 0.3) is 5.57 Å². The van der Waals surface area contributed by atoms with Gasteiger partial charge < -0.3 is 19.8 Å². The van der Waals surface area contributed by atoms with E-state index in [0.29, 0.717) is 30.8 Å². The van der Waals surface area contributed by atoms with Crippen molar-refractivity contribution >= 4 is 17.4 Å². The van der Waals surface area contributed by atoms with Crippen LogP contribution in [0.15, 0.2) is 11.8 Å². The summed E-state index contributed by atoms with van der Waals surface area (Å²) in [7, 11) is 1.61. The van der Waals surface area contributed by atoms with E-state index in [9.17, 15) is 19.8 Å². The van der Waals surface area contributed by atoms with E-state index in [0.717, 1.165) is 5.69 Å². The molecule has 2 N–H and O–H groups in total. The molecule has 3 atom stereocenters. The molecule has 2 aliphatic heterocycles. The molecular weight excluding hydrogens is 314 g/mol. The van der Waals surface area contributed by atoms with Crippen molar-refractivity contribution in [2.24, 2.45) is 5.92 Å². The van der Waals surface area contributed by atoms with Gasteiger partial charge in [0.25, 0.3) is 0 Å². The fourth-order valence-electron chi connectivity index (χ4n) is 3.56. The number of β-lactam (4-membered cyclic amide) rings is 1. The molecule has 0 unspecified atom stereocenters. The van der Waals surface area contributed by atoms with E-state index in [2.05, 4.69) is 5.10 Å². The van der Waals surface area contributed by atoms with Crippen LogP contribution in [-0.4, -0.2) is 62.6 Å². The summed E-state index contributed by atoms with van der Waals surface area (Å²) in [6, 6.07) is 1.52. The maximum atomic E-state index is 12.2. The lowest BCUT2D eigenvalue weighted by Crippen LogP contribution is -2.61. The summed E-state index contributed by atoms with van der Waals surface area (Å²) in [5.41, 5.74) is 1.99. The Morgan fingerprint density at radius 2 is 2.25 bits per heavy atom. The molecule has 2 aliphatic rings. The molecule has 1 aromatic heterocycles. The molecule has 3 rings (SSSR count). The number of aliphatic carboxylic acids is 1. The minimum absolute atomic E-state index is 0.0155. The summed E-state index contributed by atoms with van der Waals surface area (Å²) in [5, 5.41) is 23.8. The van der Waals surface area contributed by atoms with Gasteiger partial charge in [0, 0.05) is 18.4 Å². The average Bonchev–Trinajstić information content (AvgIpc) is 3.03. The highest BCUT2D eigenvalue weighted by Gasteiger charge is 2.57. The minimum atomic E-state index is -1.14. The number of hydrogen-bond acceptors (Lipinski definition) is 5. The number of amides is 1. The van der Waals surface area contributed by atoms with Crippen molar-refractivity contribution in [3.05, 3.63) is 23.2 Å². The second kappa shape index (κ2) is 6.03. The average molecular weight is 335 g/mol.